The monoisotopic (exact) mass is 445 g/mol. The molecule has 1 nitrogen and oxygen atoms in total. The van der Waals surface area contributed by atoms with Gasteiger partial charge >= 0.3 is 0 Å². The lowest BCUT2D eigenvalue weighted by molar-refractivity contribution is 1.18. The Morgan fingerprint density at radius 1 is 0.343 bits per heavy atom. The lowest BCUT2D eigenvalue weighted by atomic mass is 9.97. The molecule has 0 atom stereocenters. The second-order valence-electron chi connectivity index (χ2n) is 9.06. The summed E-state index contributed by atoms with van der Waals surface area (Å²) in [5.41, 5.74) is 8.60. The second kappa shape index (κ2) is 8.00. The van der Waals surface area contributed by atoms with Crippen LogP contribution in [0.5, 0.6) is 0 Å². The molecule has 0 bridgehead atoms. The van der Waals surface area contributed by atoms with Crippen LogP contribution in [0.3, 0.4) is 0 Å². The van der Waals surface area contributed by atoms with Crippen molar-refractivity contribution in [3.8, 4) is 27.9 Å². The minimum Gasteiger partial charge on any atom is -0.309 e. The van der Waals surface area contributed by atoms with E-state index in [2.05, 4.69) is 144 Å². The minimum atomic E-state index is 1.19. The first kappa shape index (κ1) is 19.8. The molecule has 0 aliphatic carbocycles. The van der Waals surface area contributed by atoms with Crippen molar-refractivity contribution in [2.45, 2.75) is 0 Å². The first-order chi connectivity index (χ1) is 17.3. The smallest absolute Gasteiger partial charge is 0.0541 e. The molecule has 7 rings (SSSR count). The lowest BCUT2D eigenvalue weighted by Gasteiger charge is -2.09. The maximum absolute atomic E-state index is 2.36. The van der Waals surface area contributed by atoms with Crippen LogP contribution in [0, 0.1) is 0 Å². The Morgan fingerprint density at radius 2 is 0.914 bits per heavy atom. The Hall–Kier alpha value is -4.62. The summed E-state index contributed by atoms with van der Waals surface area (Å²) in [5, 5.41) is 5.10. The zero-order valence-corrected chi connectivity index (χ0v) is 19.2. The quantitative estimate of drug-likeness (QED) is 0.255. The van der Waals surface area contributed by atoms with E-state index in [1.807, 2.05) is 0 Å². The van der Waals surface area contributed by atoms with Gasteiger partial charge in [-0.05, 0) is 69.4 Å². The minimum absolute atomic E-state index is 1.19. The number of nitrogens with zero attached hydrogens (tertiary/aromatic N) is 1. The molecule has 0 saturated carbocycles. The van der Waals surface area contributed by atoms with Gasteiger partial charge in [0.1, 0.15) is 0 Å². The van der Waals surface area contributed by atoms with Crippen molar-refractivity contribution in [2.75, 3.05) is 0 Å². The number of benzene rings is 6. The molecular weight excluding hydrogens is 422 g/mol. The van der Waals surface area contributed by atoms with E-state index in [0.717, 1.165) is 0 Å². The molecule has 0 aliphatic heterocycles. The van der Waals surface area contributed by atoms with Crippen molar-refractivity contribution in [3.63, 3.8) is 0 Å². The predicted molar refractivity (Wildman–Crippen MR) is 149 cm³/mol. The van der Waals surface area contributed by atoms with Gasteiger partial charge in [0, 0.05) is 16.5 Å². The van der Waals surface area contributed by atoms with Gasteiger partial charge in [0.25, 0.3) is 0 Å². The number of aromatic nitrogens is 1. The standard InChI is InChI=1S/C34H23N/c1-2-10-30(11-3-1)35-33-13-7-6-12-31(33)32-23-29(20-21-34(32)35)26-16-14-25(15-17-26)28-19-18-24-8-4-5-9-27(24)22-28/h1-23H. The molecule has 1 heterocycles. The van der Waals surface area contributed by atoms with E-state index in [1.54, 1.807) is 0 Å². The van der Waals surface area contributed by atoms with Crippen LogP contribution in [0.15, 0.2) is 140 Å². The molecule has 0 fully saturated rings. The van der Waals surface area contributed by atoms with Crippen LogP contribution in [0.2, 0.25) is 0 Å². The van der Waals surface area contributed by atoms with Crippen LogP contribution in [-0.2, 0) is 0 Å². The summed E-state index contributed by atoms with van der Waals surface area (Å²) in [5.74, 6) is 0. The Kier molecular flexibility index (Phi) is 4.53. The van der Waals surface area contributed by atoms with Crippen LogP contribution in [-0.4, -0.2) is 4.57 Å². The third-order valence-electron chi connectivity index (χ3n) is 6.99. The number of hydrogen-bond acceptors (Lipinski definition) is 0. The molecule has 0 spiro atoms. The molecule has 164 valence electrons. The van der Waals surface area contributed by atoms with Gasteiger partial charge in [0.2, 0.25) is 0 Å². The molecular formula is C34H23N. The Balaban J connectivity index is 1.32. The van der Waals surface area contributed by atoms with Crippen molar-refractivity contribution in [1.82, 2.24) is 4.57 Å². The SMILES string of the molecule is c1ccc(-n2c3ccccc3c3cc(-c4ccc(-c5ccc6ccccc6c5)cc4)ccc32)cc1. The first-order valence-corrected chi connectivity index (χ1v) is 12.0. The predicted octanol–water partition coefficient (Wildman–Crippen LogP) is 9.27. The van der Waals surface area contributed by atoms with Gasteiger partial charge in [-0.25, -0.2) is 0 Å². The summed E-state index contributed by atoms with van der Waals surface area (Å²) in [6.07, 6.45) is 0. The summed E-state index contributed by atoms with van der Waals surface area (Å²) in [6.45, 7) is 0. The van der Waals surface area contributed by atoms with Gasteiger partial charge in [0.05, 0.1) is 11.0 Å². The number of para-hydroxylation sites is 2. The summed E-state index contributed by atoms with van der Waals surface area (Å²) < 4.78 is 2.36. The molecule has 0 radical (unpaired) electrons. The molecule has 0 N–H and O–H groups in total. The summed E-state index contributed by atoms with van der Waals surface area (Å²) in [4.78, 5) is 0. The maximum atomic E-state index is 2.36. The zero-order chi connectivity index (χ0) is 23.2. The summed E-state index contributed by atoms with van der Waals surface area (Å²) >= 11 is 0. The van der Waals surface area contributed by atoms with Gasteiger partial charge in [-0.15, -0.1) is 0 Å². The largest absolute Gasteiger partial charge is 0.309 e. The van der Waals surface area contributed by atoms with E-state index < -0.39 is 0 Å². The Labute approximate surface area is 204 Å². The fraction of sp³-hybridized carbons (Fsp3) is 0. The normalized spacial score (nSPS) is 11.4. The first-order valence-electron chi connectivity index (χ1n) is 12.0. The highest BCUT2D eigenvalue weighted by Crippen LogP contribution is 2.35. The third kappa shape index (κ3) is 3.33. The third-order valence-corrected chi connectivity index (χ3v) is 6.99. The molecule has 0 aliphatic rings. The summed E-state index contributed by atoms with van der Waals surface area (Å²) in [7, 11) is 0. The van der Waals surface area contributed by atoms with Crippen molar-refractivity contribution < 1.29 is 0 Å². The molecule has 0 amide bonds. The molecule has 1 aromatic heterocycles. The van der Waals surface area contributed by atoms with E-state index in [9.17, 15) is 0 Å². The summed E-state index contributed by atoms with van der Waals surface area (Å²) in [6, 6.07) is 50.3. The van der Waals surface area contributed by atoms with E-state index >= 15 is 0 Å². The van der Waals surface area contributed by atoms with Crippen LogP contribution < -0.4 is 0 Å². The highest BCUT2D eigenvalue weighted by molar-refractivity contribution is 6.10. The Bertz CT molecular complexity index is 1820. The second-order valence-corrected chi connectivity index (χ2v) is 9.06. The highest BCUT2D eigenvalue weighted by Gasteiger charge is 2.13. The topological polar surface area (TPSA) is 4.93 Å². The molecule has 0 unspecified atom stereocenters. The van der Waals surface area contributed by atoms with Crippen molar-refractivity contribution >= 4 is 32.6 Å². The van der Waals surface area contributed by atoms with Crippen LogP contribution in [0.4, 0.5) is 0 Å². The number of fused-ring (bicyclic) bond motifs is 4. The van der Waals surface area contributed by atoms with Crippen molar-refractivity contribution in [3.05, 3.63) is 140 Å². The maximum Gasteiger partial charge on any atom is 0.0541 e. The molecule has 0 saturated heterocycles. The van der Waals surface area contributed by atoms with Crippen molar-refractivity contribution in [2.24, 2.45) is 0 Å². The zero-order valence-electron chi connectivity index (χ0n) is 19.2. The number of hydrogen-bond donors (Lipinski definition) is 0. The number of rotatable bonds is 3. The fourth-order valence-corrected chi connectivity index (χ4v) is 5.23. The Morgan fingerprint density at radius 3 is 1.71 bits per heavy atom. The average molecular weight is 446 g/mol. The molecule has 1 heteroatoms. The fourth-order valence-electron chi connectivity index (χ4n) is 5.23. The average Bonchev–Trinajstić information content (AvgIpc) is 3.27. The molecule has 7 aromatic rings. The van der Waals surface area contributed by atoms with Crippen LogP contribution in [0.1, 0.15) is 0 Å². The molecule has 35 heavy (non-hydrogen) atoms. The van der Waals surface area contributed by atoms with Gasteiger partial charge in [0.15, 0.2) is 0 Å². The van der Waals surface area contributed by atoms with Gasteiger partial charge in [-0.2, -0.15) is 0 Å². The molecule has 6 aromatic carbocycles. The van der Waals surface area contributed by atoms with Gasteiger partial charge in [-0.1, -0.05) is 103 Å². The lowest BCUT2D eigenvalue weighted by Crippen LogP contribution is -1.92. The van der Waals surface area contributed by atoms with E-state index in [1.165, 1.54) is 60.5 Å². The highest BCUT2D eigenvalue weighted by atomic mass is 15.0. The van der Waals surface area contributed by atoms with E-state index in [-0.39, 0.29) is 0 Å². The van der Waals surface area contributed by atoms with E-state index in [0.29, 0.717) is 0 Å². The van der Waals surface area contributed by atoms with Gasteiger partial charge < -0.3 is 4.57 Å². The van der Waals surface area contributed by atoms with Gasteiger partial charge in [-0.3, -0.25) is 0 Å². The van der Waals surface area contributed by atoms with Crippen LogP contribution in [0.25, 0.3) is 60.5 Å². The van der Waals surface area contributed by atoms with Crippen molar-refractivity contribution in [1.29, 1.82) is 0 Å². The van der Waals surface area contributed by atoms with E-state index in [4.69, 9.17) is 0 Å². The van der Waals surface area contributed by atoms with Crippen LogP contribution >= 0.6 is 0 Å².